The summed E-state index contributed by atoms with van der Waals surface area (Å²) >= 11 is 0. The third kappa shape index (κ3) is 2.67. The van der Waals surface area contributed by atoms with Crippen LogP contribution in [-0.4, -0.2) is 10.2 Å². The largest absolute Gasteiger partial charge is 0.0795 e. The number of allylic oxidation sites excluding steroid dienone is 1. The average Bonchev–Trinajstić information content (AvgIpc) is 2.40. The van der Waals surface area contributed by atoms with E-state index in [1.165, 1.54) is 44.6 Å². The fraction of sp³-hybridized carbons (Fsp3) is 0.250. The van der Waals surface area contributed by atoms with Gasteiger partial charge < -0.3 is 0 Å². The van der Waals surface area contributed by atoms with Crippen molar-refractivity contribution in [1.82, 2.24) is 0 Å². The van der Waals surface area contributed by atoms with E-state index in [1.54, 1.807) is 0 Å². The lowest BCUT2D eigenvalue weighted by atomic mass is 9.93. The molecule has 0 nitrogen and oxygen atoms in total. The van der Waals surface area contributed by atoms with Gasteiger partial charge in [-0.1, -0.05) is 67.9 Å². The van der Waals surface area contributed by atoms with E-state index in [9.17, 15) is 0 Å². The molecule has 2 aromatic rings. The summed E-state index contributed by atoms with van der Waals surface area (Å²) in [6.07, 6.45) is 6.91. The summed E-state index contributed by atoms with van der Waals surface area (Å²) in [5, 5.41) is 2.80. The molecule has 0 aromatic heterocycles. The zero-order valence-electron chi connectivity index (χ0n) is 10.7. The molecular weight excluding hydrogens is 220 g/mol. The molecule has 0 radical (unpaired) electrons. The number of hydrogen-bond acceptors (Lipinski definition) is 0. The highest BCUT2D eigenvalue weighted by molar-refractivity contribution is 6.08. The van der Waals surface area contributed by atoms with Gasteiger partial charge in [0.1, 0.15) is 0 Å². The van der Waals surface area contributed by atoms with Crippen LogP contribution in [-0.2, 0) is 6.42 Å². The van der Waals surface area contributed by atoms with E-state index in [1.807, 2.05) is 0 Å². The molecule has 0 aliphatic heterocycles. The van der Waals surface area contributed by atoms with Gasteiger partial charge >= 0.3 is 0 Å². The van der Waals surface area contributed by atoms with Crippen LogP contribution >= 0.6 is 0 Å². The van der Waals surface area contributed by atoms with Crippen molar-refractivity contribution in [2.75, 3.05) is 0 Å². The molecule has 88 valence electrons. The van der Waals surface area contributed by atoms with Gasteiger partial charge in [-0.2, -0.15) is 0 Å². The minimum atomic E-state index is 1.08. The second-order valence-electron chi connectivity index (χ2n) is 4.47. The van der Waals surface area contributed by atoms with Gasteiger partial charge in [-0.05, 0) is 28.3 Å². The lowest BCUT2D eigenvalue weighted by molar-refractivity contribution is 1.08. The molecule has 0 unspecified atom stereocenters. The molecule has 0 heterocycles. The van der Waals surface area contributed by atoms with E-state index < -0.39 is 0 Å². The Kier molecular flexibility index (Phi) is 4.16. The van der Waals surface area contributed by atoms with E-state index in [0.29, 0.717) is 0 Å². The number of rotatable bonds is 1. The van der Waals surface area contributed by atoms with Crippen molar-refractivity contribution in [2.45, 2.75) is 25.8 Å². The maximum atomic E-state index is 2.23. The van der Waals surface area contributed by atoms with Gasteiger partial charge in [0.15, 0.2) is 0 Å². The zero-order valence-corrected chi connectivity index (χ0v) is 12.7. The second kappa shape index (κ2) is 5.83. The molecule has 0 amide bonds. The van der Waals surface area contributed by atoms with Crippen LogP contribution in [0.15, 0.2) is 42.5 Å². The van der Waals surface area contributed by atoms with E-state index in [2.05, 4.69) is 55.5 Å². The fourth-order valence-corrected chi connectivity index (χ4v) is 2.07. The average molecular weight is 240 g/mol. The van der Waals surface area contributed by atoms with E-state index >= 15 is 0 Å². The van der Waals surface area contributed by atoms with Gasteiger partial charge in [-0.15, -0.1) is 0 Å². The molecule has 0 atom stereocenters. The summed E-state index contributed by atoms with van der Waals surface area (Å²) in [6.45, 7) is 2.22. The van der Waals surface area contributed by atoms with Gasteiger partial charge in [0.2, 0.25) is 0 Å². The summed E-state index contributed by atoms with van der Waals surface area (Å²) in [6, 6.07) is 14.5. The van der Waals surface area contributed by atoms with Crippen LogP contribution in [0.4, 0.5) is 0 Å². The molecule has 0 fully saturated rings. The lowest BCUT2D eigenvalue weighted by Crippen LogP contribution is -1.91. The third-order valence-corrected chi connectivity index (χ3v) is 4.16. The first-order valence-corrected chi connectivity index (χ1v) is 7.95. The Balaban J connectivity index is 0.000000239. The van der Waals surface area contributed by atoms with Crippen LogP contribution in [0.5, 0.6) is 0 Å². The Morgan fingerprint density at radius 1 is 1.12 bits per heavy atom. The first kappa shape index (κ1) is 12.1. The quantitative estimate of drug-likeness (QED) is 0.668. The van der Waals surface area contributed by atoms with Gasteiger partial charge in [-0.25, -0.2) is 0 Å². The monoisotopic (exact) mass is 240 g/mol. The Labute approximate surface area is 107 Å². The van der Waals surface area contributed by atoms with Gasteiger partial charge in [-0.3, -0.25) is 0 Å². The Morgan fingerprint density at radius 2 is 1.82 bits per heavy atom. The maximum absolute atomic E-state index is 2.23. The molecular formula is C16H20Si. The summed E-state index contributed by atoms with van der Waals surface area (Å²) < 4.78 is 0. The van der Waals surface area contributed by atoms with E-state index in [4.69, 9.17) is 0 Å². The molecule has 0 saturated carbocycles. The Bertz CT molecular complexity index is 519. The van der Waals surface area contributed by atoms with Crippen molar-refractivity contribution in [1.29, 1.82) is 0 Å². The Hall–Kier alpha value is -1.34. The van der Waals surface area contributed by atoms with Crippen molar-refractivity contribution in [3.05, 3.63) is 53.6 Å². The van der Waals surface area contributed by atoms with Gasteiger partial charge in [0, 0.05) is 10.2 Å². The van der Waals surface area contributed by atoms with Crippen LogP contribution in [0.1, 0.15) is 24.5 Å². The minimum absolute atomic E-state index is 1.08. The van der Waals surface area contributed by atoms with Crippen molar-refractivity contribution < 1.29 is 0 Å². The molecule has 1 aliphatic carbocycles. The van der Waals surface area contributed by atoms with E-state index in [-0.39, 0.29) is 0 Å². The SMILES string of the molecule is C1=Cc2cccc3cccc(c23)C1.CCC[SiH3]. The summed E-state index contributed by atoms with van der Waals surface area (Å²) in [5.74, 6) is 0. The van der Waals surface area contributed by atoms with Crippen LogP contribution in [0, 0.1) is 0 Å². The van der Waals surface area contributed by atoms with Crippen molar-refractivity contribution in [2.24, 2.45) is 0 Å². The number of hydrogen-bond donors (Lipinski definition) is 0. The van der Waals surface area contributed by atoms with Crippen LogP contribution in [0.2, 0.25) is 6.04 Å². The minimum Gasteiger partial charge on any atom is -0.0795 e. The fourth-order valence-electron chi connectivity index (χ4n) is 2.07. The highest BCUT2D eigenvalue weighted by Crippen LogP contribution is 2.27. The van der Waals surface area contributed by atoms with Crippen LogP contribution < -0.4 is 0 Å². The lowest BCUT2D eigenvalue weighted by Gasteiger charge is -2.11. The van der Waals surface area contributed by atoms with Crippen molar-refractivity contribution >= 4 is 27.1 Å². The second-order valence-corrected chi connectivity index (χ2v) is 5.47. The summed E-state index contributed by atoms with van der Waals surface area (Å²) in [5.41, 5.74) is 2.81. The first-order chi connectivity index (χ1) is 8.36. The topological polar surface area (TPSA) is 0 Å². The number of benzene rings is 2. The molecule has 1 aliphatic rings. The van der Waals surface area contributed by atoms with Crippen molar-refractivity contribution in [3.63, 3.8) is 0 Å². The molecule has 0 saturated heterocycles. The van der Waals surface area contributed by atoms with Crippen LogP contribution in [0.3, 0.4) is 0 Å². The molecule has 0 spiro atoms. The van der Waals surface area contributed by atoms with Gasteiger partial charge in [0.05, 0.1) is 0 Å². The molecule has 3 rings (SSSR count). The Morgan fingerprint density at radius 3 is 2.53 bits per heavy atom. The van der Waals surface area contributed by atoms with Gasteiger partial charge in [0.25, 0.3) is 0 Å². The molecule has 1 heteroatoms. The zero-order chi connectivity index (χ0) is 12.1. The highest BCUT2D eigenvalue weighted by atomic mass is 28.1. The molecule has 2 aromatic carbocycles. The van der Waals surface area contributed by atoms with E-state index in [0.717, 1.165) is 6.42 Å². The molecule has 0 N–H and O–H groups in total. The first-order valence-electron chi connectivity index (χ1n) is 6.54. The predicted octanol–water partition coefficient (Wildman–Crippen LogP) is 3.59. The summed E-state index contributed by atoms with van der Waals surface area (Å²) in [7, 11) is 1.39. The van der Waals surface area contributed by atoms with Crippen molar-refractivity contribution in [3.8, 4) is 0 Å². The smallest absolute Gasteiger partial charge is 0.00278 e. The predicted molar refractivity (Wildman–Crippen MR) is 81.7 cm³/mol. The summed E-state index contributed by atoms with van der Waals surface area (Å²) in [4.78, 5) is 0. The maximum Gasteiger partial charge on any atom is 0.00278 e. The molecule has 0 bridgehead atoms. The highest BCUT2D eigenvalue weighted by Gasteiger charge is 2.06. The third-order valence-electron chi connectivity index (χ3n) is 3.16. The molecule has 17 heavy (non-hydrogen) atoms. The standard InChI is InChI=1S/C13H10.C3H10Si/c1-4-10-6-2-8-12-9-3-7-11(5-1)13(10)12;1-2-3-4/h1-8H,9H2;2-3H2,1,4H3. The van der Waals surface area contributed by atoms with Crippen LogP contribution in [0.25, 0.3) is 16.8 Å². The normalized spacial score (nSPS) is 12.3.